The van der Waals surface area contributed by atoms with E-state index in [4.69, 9.17) is 11.6 Å². The Balaban J connectivity index is 2.19. The minimum atomic E-state index is -4.44. The largest absolute Gasteiger partial charge is 0.401 e. The van der Waals surface area contributed by atoms with Crippen molar-refractivity contribution < 1.29 is 18.0 Å². The average molecular weight is 379 g/mol. The number of thioether (sulfide) groups is 1. The third-order valence-corrected chi connectivity index (χ3v) is 4.58. The monoisotopic (exact) mass is 378 g/mol. The van der Waals surface area contributed by atoms with Crippen LogP contribution in [0, 0.1) is 0 Å². The molecule has 1 atom stereocenters. The van der Waals surface area contributed by atoms with Crippen molar-refractivity contribution in [2.45, 2.75) is 17.8 Å². The first kappa shape index (κ1) is 18.6. The van der Waals surface area contributed by atoms with Gasteiger partial charge in [0.2, 0.25) is 5.91 Å². The molecule has 0 N–H and O–H groups in total. The summed E-state index contributed by atoms with van der Waals surface area (Å²) in [5.74, 6) is -0.695. The van der Waals surface area contributed by atoms with E-state index < -0.39 is 23.8 Å². The number of halogens is 4. The van der Waals surface area contributed by atoms with Crippen LogP contribution in [0.4, 0.5) is 18.9 Å². The number of amides is 1. The minimum absolute atomic E-state index is 0.0161. The maximum atomic E-state index is 12.8. The fourth-order valence-electron chi connectivity index (χ4n) is 1.95. The Morgan fingerprint density at radius 3 is 2.75 bits per heavy atom. The zero-order valence-electron chi connectivity index (χ0n) is 12.8. The van der Waals surface area contributed by atoms with E-state index >= 15 is 0 Å². The first-order valence-electron chi connectivity index (χ1n) is 6.75. The summed E-state index contributed by atoms with van der Waals surface area (Å²) in [5.41, 5.74) is 0.844. The molecule has 24 heavy (non-hydrogen) atoms. The van der Waals surface area contributed by atoms with Crippen molar-refractivity contribution in [3.63, 3.8) is 0 Å². The summed E-state index contributed by atoms with van der Waals surface area (Å²) in [5, 5.41) is 2.31. The highest BCUT2D eigenvalue weighted by Gasteiger charge is 2.41. The Labute approximate surface area is 145 Å². The van der Waals surface area contributed by atoms with Gasteiger partial charge in [-0.1, -0.05) is 11.6 Å². The fourth-order valence-corrected chi connectivity index (χ4v) is 2.79. The van der Waals surface area contributed by atoms with E-state index in [9.17, 15) is 18.0 Å². The molecule has 1 unspecified atom stereocenters. The summed E-state index contributed by atoms with van der Waals surface area (Å²) in [7, 11) is 1.37. The first-order chi connectivity index (χ1) is 11.2. The molecule has 0 radical (unpaired) electrons. The Hall–Kier alpha value is -1.74. The third-order valence-electron chi connectivity index (χ3n) is 3.31. The van der Waals surface area contributed by atoms with Crippen molar-refractivity contribution in [3.05, 3.63) is 35.9 Å². The van der Waals surface area contributed by atoms with Crippen LogP contribution in [0.5, 0.6) is 0 Å². The number of rotatable bonds is 5. The topological polar surface area (TPSA) is 51.0 Å². The third kappa shape index (κ3) is 4.21. The summed E-state index contributed by atoms with van der Waals surface area (Å²) in [6.45, 7) is 0. The van der Waals surface area contributed by atoms with Crippen molar-refractivity contribution in [2.24, 2.45) is 0 Å². The highest BCUT2D eigenvalue weighted by atomic mass is 35.5. The van der Waals surface area contributed by atoms with Gasteiger partial charge < -0.3 is 4.90 Å². The standard InChI is InChI=1S/C14H14ClF3N4OS/c1-21(12(23)6-11(24-2)14(16,17)18)10-8-22(20-13(10)15)9-4-3-5-19-7-9/h3-5,7-8,11H,6H2,1-2H3. The summed E-state index contributed by atoms with van der Waals surface area (Å²) < 4.78 is 39.8. The van der Waals surface area contributed by atoms with Crippen LogP contribution in [0.1, 0.15) is 6.42 Å². The maximum absolute atomic E-state index is 12.8. The molecule has 5 nitrogen and oxygen atoms in total. The number of pyridine rings is 1. The number of alkyl halides is 3. The molecule has 1 amide bonds. The Morgan fingerprint density at radius 1 is 1.50 bits per heavy atom. The molecule has 2 rings (SSSR count). The maximum Gasteiger partial charge on any atom is 0.401 e. The molecule has 130 valence electrons. The number of aromatic nitrogens is 3. The molecule has 0 saturated carbocycles. The van der Waals surface area contributed by atoms with Gasteiger partial charge in [-0.05, 0) is 18.4 Å². The quantitative estimate of drug-likeness (QED) is 0.798. The lowest BCUT2D eigenvalue weighted by molar-refractivity contribution is -0.138. The number of carbonyl (C=O) groups is 1. The van der Waals surface area contributed by atoms with E-state index in [0.29, 0.717) is 17.4 Å². The fraction of sp³-hybridized carbons (Fsp3) is 0.357. The number of anilines is 1. The van der Waals surface area contributed by atoms with Crippen molar-refractivity contribution in [1.29, 1.82) is 0 Å². The highest BCUT2D eigenvalue weighted by Crippen LogP contribution is 2.33. The minimum Gasteiger partial charge on any atom is -0.311 e. The molecule has 0 fully saturated rings. The van der Waals surface area contributed by atoms with E-state index in [1.54, 1.807) is 24.5 Å². The average Bonchev–Trinajstić information content (AvgIpc) is 2.93. The predicted octanol–water partition coefficient (Wildman–Crippen LogP) is 3.57. The van der Waals surface area contributed by atoms with Crippen molar-refractivity contribution in [1.82, 2.24) is 14.8 Å². The molecule has 0 saturated heterocycles. The van der Waals surface area contributed by atoms with Crippen LogP contribution >= 0.6 is 23.4 Å². The van der Waals surface area contributed by atoms with Gasteiger partial charge in [-0.25, -0.2) is 4.68 Å². The number of hydrogen-bond acceptors (Lipinski definition) is 4. The molecule has 0 aliphatic carbocycles. The summed E-state index contributed by atoms with van der Waals surface area (Å²) in [4.78, 5) is 17.2. The van der Waals surface area contributed by atoms with Gasteiger partial charge in [0.05, 0.1) is 18.1 Å². The molecule has 0 aliphatic rings. The lowest BCUT2D eigenvalue weighted by Gasteiger charge is -2.21. The number of carbonyl (C=O) groups excluding carboxylic acids is 1. The SMILES string of the molecule is CSC(CC(=O)N(C)c1cn(-c2cccnc2)nc1Cl)C(F)(F)F. The smallest absolute Gasteiger partial charge is 0.311 e. The van der Waals surface area contributed by atoms with E-state index in [1.165, 1.54) is 24.2 Å². The number of nitrogens with zero attached hydrogens (tertiary/aromatic N) is 4. The second kappa shape index (κ2) is 7.43. The van der Waals surface area contributed by atoms with Crippen LogP contribution in [0.2, 0.25) is 5.15 Å². The van der Waals surface area contributed by atoms with Crippen molar-refractivity contribution >= 4 is 35.0 Å². The molecule has 2 aromatic heterocycles. The van der Waals surface area contributed by atoms with E-state index in [2.05, 4.69) is 10.1 Å². The van der Waals surface area contributed by atoms with Gasteiger partial charge in [0, 0.05) is 19.7 Å². The number of hydrogen-bond donors (Lipinski definition) is 0. The summed E-state index contributed by atoms with van der Waals surface area (Å²) >= 11 is 6.61. The van der Waals surface area contributed by atoms with Gasteiger partial charge in [0.1, 0.15) is 10.9 Å². The first-order valence-corrected chi connectivity index (χ1v) is 8.42. The van der Waals surface area contributed by atoms with Crippen LogP contribution in [-0.2, 0) is 4.79 Å². The van der Waals surface area contributed by atoms with Crippen LogP contribution in [0.25, 0.3) is 5.69 Å². The van der Waals surface area contributed by atoms with Gasteiger partial charge in [0.25, 0.3) is 0 Å². The molecule has 10 heteroatoms. The molecular weight excluding hydrogens is 365 g/mol. The van der Waals surface area contributed by atoms with Gasteiger partial charge in [-0.3, -0.25) is 9.78 Å². The summed E-state index contributed by atoms with van der Waals surface area (Å²) in [6.07, 6.45) is 0.806. The van der Waals surface area contributed by atoms with Crippen LogP contribution in [-0.4, -0.2) is 45.4 Å². The zero-order chi connectivity index (χ0) is 17.9. The normalized spacial score (nSPS) is 12.9. The van der Waals surface area contributed by atoms with Crippen LogP contribution in [0.3, 0.4) is 0 Å². The molecule has 0 aliphatic heterocycles. The van der Waals surface area contributed by atoms with Gasteiger partial charge >= 0.3 is 6.18 Å². The Bertz CT molecular complexity index is 708. The van der Waals surface area contributed by atoms with E-state index in [0.717, 1.165) is 4.90 Å². The zero-order valence-corrected chi connectivity index (χ0v) is 14.4. The summed E-state index contributed by atoms with van der Waals surface area (Å²) in [6, 6.07) is 3.43. The van der Waals surface area contributed by atoms with E-state index in [-0.39, 0.29) is 10.8 Å². The van der Waals surface area contributed by atoms with Crippen molar-refractivity contribution in [2.75, 3.05) is 18.2 Å². The van der Waals surface area contributed by atoms with Crippen molar-refractivity contribution in [3.8, 4) is 5.69 Å². The van der Waals surface area contributed by atoms with Crippen LogP contribution in [0.15, 0.2) is 30.7 Å². The highest BCUT2D eigenvalue weighted by molar-refractivity contribution is 7.99. The molecule has 2 aromatic rings. The lowest BCUT2D eigenvalue weighted by atomic mass is 10.2. The molecular formula is C14H14ClF3N4OS. The Kier molecular flexibility index (Phi) is 5.76. The molecule has 0 spiro atoms. The molecule has 0 bridgehead atoms. The van der Waals surface area contributed by atoms with E-state index in [1.807, 2.05) is 0 Å². The van der Waals surface area contributed by atoms with Gasteiger partial charge in [0.15, 0.2) is 5.15 Å². The van der Waals surface area contributed by atoms with Gasteiger partial charge in [-0.2, -0.15) is 30.0 Å². The van der Waals surface area contributed by atoms with Gasteiger partial charge in [-0.15, -0.1) is 0 Å². The van der Waals surface area contributed by atoms with Crippen LogP contribution < -0.4 is 4.90 Å². The molecule has 2 heterocycles. The lowest BCUT2D eigenvalue weighted by Crippen LogP contribution is -2.34. The second-order valence-corrected chi connectivity index (χ2v) is 6.28. The Morgan fingerprint density at radius 2 is 2.21 bits per heavy atom. The second-order valence-electron chi connectivity index (χ2n) is 4.88. The predicted molar refractivity (Wildman–Crippen MR) is 87.8 cm³/mol. The molecule has 0 aromatic carbocycles.